The number of hydrogen-bond donors (Lipinski definition) is 0. The third-order valence-electron chi connectivity index (χ3n) is 5.52. The maximum absolute atomic E-state index is 3.89. The van der Waals surface area contributed by atoms with E-state index < -0.39 is 0 Å². The van der Waals surface area contributed by atoms with E-state index in [1.165, 1.54) is 102 Å². The molecule has 170 valence electrons. The predicted octanol–water partition coefficient (Wildman–Crippen LogP) is 5.69. The molecule has 1 aromatic carbocycles. The van der Waals surface area contributed by atoms with E-state index in [1.54, 1.807) is 0 Å². The molecule has 0 atom stereocenters. The first-order valence-corrected chi connectivity index (χ1v) is 12.0. The molecule has 2 heteroatoms. The molecule has 1 aromatic rings. The summed E-state index contributed by atoms with van der Waals surface area (Å²) in [5.74, 6) is 0. The molecule has 0 saturated heterocycles. The van der Waals surface area contributed by atoms with E-state index in [0.717, 1.165) is 4.48 Å². The zero-order valence-corrected chi connectivity index (χ0v) is 21.7. The van der Waals surface area contributed by atoms with Gasteiger partial charge in [-0.25, -0.2) is 0 Å². The Bertz CT molecular complexity index is 441. The van der Waals surface area contributed by atoms with E-state index in [1.807, 2.05) is 24.4 Å². The zero-order chi connectivity index (χ0) is 20.9. The van der Waals surface area contributed by atoms with E-state index >= 15 is 0 Å². The number of nitrogens with zero attached hydrogens (tertiary/aromatic N) is 1. The Morgan fingerprint density at radius 1 is 0.690 bits per heavy atom. The fourth-order valence-corrected chi connectivity index (χ4v) is 3.34. The largest absolute Gasteiger partial charge is 1.00 e. The van der Waals surface area contributed by atoms with Crippen molar-refractivity contribution in [2.75, 3.05) is 20.6 Å². The molecule has 0 saturated carbocycles. The minimum Gasteiger partial charge on any atom is -1.00 e. The summed E-state index contributed by atoms with van der Waals surface area (Å²) in [6.45, 7) is 9.50. The molecule has 0 N–H and O–H groups in total. The third kappa shape index (κ3) is 23.5. The van der Waals surface area contributed by atoms with Crippen molar-refractivity contribution in [3.8, 4) is 0 Å². The van der Waals surface area contributed by atoms with Gasteiger partial charge in [0.15, 0.2) is 0 Å². The Hall–Kier alpha value is -0.600. The van der Waals surface area contributed by atoms with E-state index in [4.69, 9.17) is 0 Å². The van der Waals surface area contributed by atoms with Gasteiger partial charge in [0.25, 0.3) is 0 Å². The van der Waals surface area contributed by atoms with Crippen molar-refractivity contribution in [3.05, 3.63) is 48.7 Å². The molecule has 0 aromatic heterocycles. The second-order valence-electron chi connectivity index (χ2n) is 8.94. The maximum atomic E-state index is 3.89. The van der Waals surface area contributed by atoms with Crippen LogP contribution in [0.3, 0.4) is 0 Å². The van der Waals surface area contributed by atoms with E-state index in [9.17, 15) is 0 Å². The summed E-state index contributed by atoms with van der Waals surface area (Å²) in [5, 5.41) is 0. The van der Waals surface area contributed by atoms with Crippen LogP contribution in [0.4, 0.5) is 0 Å². The first-order chi connectivity index (χ1) is 13.5. The highest BCUT2D eigenvalue weighted by Crippen LogP contribution is 2.13. The Morgan fingerprint density at radius 3 is 1.38 bits per heavy atom. The van der Waals surface area contributed by atoms with Gasteiger partial charge in [-0.05, 0) is 26.3 Å². The van der Waals surface area contributed by atoms with Crippen LogP contribution in [-0.2, 0) is 0 Å². The summed E-state index contributed by atoms with van der Waals surface area (Å²) in [5.41, 5.74) is 1.32. The van der Waals surface area contributed by atoms with Gasteiger partial charge in [-0.15, -0.1) is 0 Å². The number of quaternary nitrogens is 1. The van der Waals surface area contributed by atoms with E-state index in [-0.39, 0.29) is 17.0 Å². The Morgan fingerprint density at radius 2 is 1.07 bits per heavy atom. The van der Waals surface area contributed by atoms with Crippen molar-refractivity contribution in [2.45, 2.75) is 104 Å². The lowest BCUT2D eigenvalue weighted by Gasteiger charge is -2.24. The summed E-state index contributed by atoms with van der Waals surface area (Å²) in [4.78, 5) is 0. The Labute approximate surface area is 194 Å². The summed E-state index contributed by atoms with van der Waals surface area (Å²) >= 11 is 0. The summed E-state index contributed by atoms with van der Waals surface area (Å²) < 4.78 is 0.957. The van der Waals surface area contributed by atoms with Gasteiger partial charge in [-0.1, -0.05) is 120 Å². The molecule has 1 nitrogen and oxygen atoms in total. The number of aryl methyl sites for hydroxylation is 1. The van der Waals surface area contributed by atoms with Crippen LogP contribution in [0.2, 0.25) is 0 Å². The van der Waals surface area contributed by atoms with Crippen LogP contribution in [0.1, 0.15) is 102 Å². The van der Waals surface area contributed by atoms with Crippen LogP contribution in [0.25, 0.3) is 0 Å². The molecule has 29 heavy (non-hydrogen) atoms. The second kappa shape index (κ2) is 22.1. The lowest BCUT2D eigenvalue weighted by molar-refractivity contribution is -0.838. The molecule has 0 aliphatic heterocycles. The summed E-state index contributed by atoms with van der Waals surface area (Å²) in [6, 6.07) is 10.3. The maximum Gasteiger partial charge on any atom is 0.0881 e. The van der Waals surface area contributed by atoms with Crippen molar-refractivity contribution in [3.63, 3.8) is 0 Å². The SMILES string of the molecule is C=C[N+](C)(C)CCCCCCCCCCCCCCCC.Cc1ccccc1.[Br-]. The fraction of sp³-hybridized carbons (Fsp3) is 0.704. The van der Waals surface area contributed by atoms with Gasteiger partial charge in [0, 0.05) is 0 Å². The lowest BCUT2D eigenvalue weighted by Crippen LogP contribution is -3.00. The normalized spacial score (nSPS) is 10.6. The lowest BCUT2D eigenvalue weighted by atomic mass is 10.0. The molecule has 0 heterocycles. The molecule has 1 rings (SSSR count). The summed E-state index contributed by atoms with van der Waals surface area (Å²) in [6.07, 6.45) is 22.2. The average Bonchev–Trinajstić information content (AvgIpc) is 2.69. The van der Waals surface area contributed by atoms with Crippen molar-refractivity contribution in [1.29, 1.82) is 0 Å². The standard InChI is InChI=1S/C20H42N.C7H8.BrH/c1-5-7-8-9-10-11-12-13-14-15-16-17-18-19-20-21(3,4)6-2;1-7-5-3-2-4-6-7;/h6H,2,5,7-20H2,1,3-4H3;2-6H,1H3;1H/q+1;;/p-1. The van der Waals surface area contributed by atoms with Gasteiger partial charge < -0.3 is 21.5 Å². The number of benzene rings is 1. The van der Waals surface area contributed by atoms with Crippen LogP contribution in [0.15, 0.2) is 43.1 Å². The first-order valence-electron chi connectivity index (χ1n) is 12.0. The Kier molecular flexibility index (Phi) is 23.3. The minimum atomic E-state index is 0. The molecule has 0 aliphatic carbocycles. The van der Waals surface area contributed by atoms with E-state index in [0.29, 0.717) is 0 Å². The van der Waals surface area contributed by atoms with Gasteiger partial charge in [-0.2, -0.15) is 0 Å². The highest BCUT2D eigenvalue weighted by atomic mass is 79.9. The fourth-order valence-electron chi connectivity index (χ4n) is 3.34. The molecule has 0 fully saturated rings. The molecular weight excluding hydrogens is 418 g/mol. The monoisotopic (exact) mass is 467 g/mol. The molecule has 0 spiro atoms. The zero-order valence-electron chi connectivity index (χ0n) is 20.1. The van der Waals surface area contributed by atoms with Crippen molar-refractivity contribution >= 4 is 0 Å². The van der Waals surface area contributed by atoms with Crippen LogP contribution in [-0.4, -0.2) is 25.1 Å². The van der Waals surface area contributed by atoms with Crippen LogP contribution >= 0.6 is 0 Å². The molecule has 0 amide bonds. The second-order valence-corrected chi connectivity index (χ2v) is 8.94. The van der Waals surface area contributed by atoms with Crippen molar-refractivity contribution in [1.82, 2.24) is 0 Å². The molecule has 0 unspecified atom stereocenters. The van der Waals surface area contributed by atoms with Crippen LogP contribution in [0.5, 0.6) is 0 Å². The van der Waals surface area contributed by atoms with Gasteiger partial charge in [0.2, 0.25) is 0 Å². The first kappa shape index (κ1) is 30.6. The van der Waals surface area contributed by atoms with Gasteiger partial charge in [0.1, 0.15) is 0 Å². The topological polar surface area (TPSA) is 0 Å². The van der Waals surface area contributed by atoms with Gasteiger partial charge in [-0.3, -0.25) is 0 Å². The quantitative estimate of drug-likeness (QED) is 0.216. The minimum absolute atomic E-state index is 0. The number of halogens is 1. The van der Waals surface area contributed by atoms with Crippen LogP contribution < -0.4 is 17.0 Å². The molecule has 0 bridgehead atoms. The smallest absolute Gasteiger partial charge is 0.0881 e. The highest BCUT2D eigenvalue weighted by Gasteiger charge is 2.08. The number of rotatable bonds is 16. The molecule has 0 aliphatic rings. The predicted molar refractivity (Wildman–Crippen MR) is 129 cm³/mol. The van der Waals surface area contributed by atoms with Gasteiger partial charge in [0.05, 0.1) is 26.8 Å². The van der Waals surface area contributed by atoms with E-state index in [2.05, 4.69) is 46.7 Å². The van der Waals surface area contributed by atoms with Gasteiger partial charge >= 0.3 is 0 Å². The molecule has 0 radical (unpaired) electrons. The third-order valence-corrected chi connectivity index (χ3v) is 5.52. The summed E-state index contributed by atoms with van der Waals surface area (Å²) in [7, 11) is 4.46. The number of hydrogen-bond acceptors (Lipinski definition) is 0. The average molecular weight is 469 g/mol. The Balaban J connectivity index is 0. The highest BCUT2D eigenvalue weighted by molar-refractivity contribution is 5.11. The van der Waals surface area contributed by atoms with Crippen LogP contribution in [0, 0.1) is 6.92 Å². The number of unbranched alkanes of at least 4 members (excludes halogenated alkanes) is 13. The van der Waals surface area contributed by atoms with Crippen molar-refractivity contribution < 1.29 is 21.5 Å². The van der Waals surface area contributed by atoms with Crippen molar-refractivity contribution in [2.24, 2.45) is 0 Å². The molecular formula is C27H50BrN.